The van der Waals surface area contributed by atoms with Gasteiger partial charge in [-0.2, -0.15) is 0 Å². The van der Waals surface area contributed by atoms with Crippen molar-refractivity contribution in [1.82, 2.24) is 0 Å². The van der Waals surface area contributed by atoms with Gasteiger partial charge >= 0.3 is 5.97 Å². The predicted molar refractivity (Wildman–Crippen MR) is 88.2 cm³/mol. The summed E-state index contributed by atoms with van der Waals surface area (Å²) < 4.78 is 10.5. The average molecular weight is 348 g/mol. The van der Waals surface area contributed by atoms with E-state index in [9.17, 15) is 19.7 Å². The van der Waals surface area contributed by atoms with Gasteiger partial charge in [-0.3, -0.25) is 19.7 Å². The van der Waals surface area contributed by atoms with E-state index in [0.717, 1.165) is 0 Å². The number of carbonyl (C=O) groups excluding carboxylic acids is 2. The summed E-state index contributed by atoms with van der Waals surface area (Å²) in [4.78, 5) is 35.9. The highest BCUT2D eigenvalue weighted by atomic mass is 16.6. The van der Waals surface area contributed by atoms with Crippen LogP contribution in [0.2, 0.25) is 0 Å². The molecule has 134 valence electrons. The quantitative estimate of drug-likeness (QED) is 0.509. The van der Waals surface area contributed by atoms with Gasteiger partial charge < -0.3 is 14.8 Å². The number of methoxy groups -OCH3 is 1. The van der Waals surface area contributed by atoms with Crippen LogP contribution in [0.4, 0.5) is 11.4 Å². The maximum Gasteiger partial charge on any atom is 0.313 e. The zero-order chi connectivity index (χ0) is 18.6. The molecular weight excluding hydrogens is 328 g/mol. The zero-order valence-electron chi connectivity index (χ0n) is 14.5. The number of hydrogen-bond donors (Lipinski definition) is 1. The van der Waals surface area contributed by atoms with Crippen LogP contribution in [0.1, 0.15) is 33.6 Å². The number of hydrogen-bond acceptors (Lipinski definition) is 6. The Morgan fingerprint density at radius 3 is 2.48 bits per heavy atom. The average Bonchev–Trinajstić information content (AvgIpc) is 2.85. The number of amides is 1. The summed E-state index contributed by atoms with van der Waals surface area (Å²) in [6, 6.07) is 4.16. The molecule has 0 spiro atoms. The van der Waals surface area contributed by atoms with Crippen molar-refractivity contribution in [3.05, 3.63) is 28.3 Å². The second-order valence-corrected chi connectivity index (χ2v) is 7.27. The number of nitro benzene ring substituents is 1. The van der Waals surface area contributed by atoms with Crippen molar-refractivity contribution in [3.63, 3.8) is 0 Å². The minimum absolute atomic E-state index is 0.0394. The Hall–Kier alpha value is -2.64. The molecule has 1 N–H and O–H groups in total. The van der Waals surface area contributed by atoms with Crippen molar-refractivity contribution in [2.45, 2.75) is 39.2 Å². The molecule has 1 aromatic carbocycles. The zero-order valence-corrected chi connectivity index (χ0v) is 14.5. The number of nitrogens with one attached hydrogen (secondary N) is 1. The van der Waals surface area contributed by atoms with E-state index in [-0.39, 0.29) is 11.4 Å². The molecule has 1 aromatic rings. The van der Waals surface area contributed by atoms with Crippen molar-refractivity contribution < 1.29 is 24.0 Å². The Kier molecular flexibility index (Phi) is 3.56. The lowest BCUT2D eigenvalue weighted by Crippen LogP contribution is -2.50. The first kappa shape index (κ1) is 17.2. The topological polar surface area (TPSA) is 108 Å². The summed E-state index contributed by atoms with van der Waals surface area (Å²) >= 11 is 0. The normalized spacial score (nSPS) is 29.2. The van der Waals surface area contributed by atoms with Crippen molar-refractivity contribution in [2.75, 3.05) is 12.4 Å². The fourth-order valence-electron chi connectivity index (χ4n) is 3.87. The number of esters is 1. The van der Waals surface area contributed by atoms with Crippen LogP contribution in [0, 0.1) is 20.9 Å². The van der Waals surface area contributed by atoms with E-state index in [1.54, 1.807) is 6.92 Å². The van der Waals surface area contributed by atoms with Crippen LogP contribution in [0.3, 0.4) is 0 Å². The Balaban J connectivity index is 1.97. The molecule has 1 aliphatic carbocycles. The largest absolute Gasteiger partial charge is 0.496 e. The van der Waals surface area contributed by atoms with Gasteiger partial charge in [0.25, 0.3) is 11.6 Å². The molecule has 0 aromatic heterocycles. The molecule has 1 saturated carbocycles. The first-order chi connectivity index (χ1) is 11.6. The first-order valence-electron chi connectivity index (χ1n) is 7.96. The molecule has 2 atom stereocenters. The molecule has 2 aliphatic rings. The van der Waals surface area contributed by atoms with Crippen LogP contribution < -0.4 is 10.1 Å². The third-order valence-corrected chi connectivity index (χ3v) is 6.10. The van der Waals surface area contributed by atoms with Crippen LogP contribution in [0.25, 0.3) is 0 Å². The molecule has 1 aliphatic heterocycles. The molecule has 2 bridgehead atoms. The molecule has 1 amide bonds. The molecular formula is C17H20N2O6. The number of benzene rings is 1. The van der Waals surface area contributed by atoms with Crippen LogP contribution in [0.5, 0.6) is 5.75 Å². The Morgan fingerprint density at radius 2 is 2.00 bits per heavy atom. The lowest BCUT2D eigenvalue weighted by molar-refractivity contribution is -0.384. The third-order valence-electron chi connectivity index (χ3n) is 6.10. The van der Waals surface area contributed by atoms with Gasteiger partial charge in [0, 0.05) is 5.41 Å². The fourth-order valence-corrected chi connectivity index (χ4v) is 3.87. The highest BCUT2D eigenvalue weighted by Gasteiger charge is 2.75. The van der Waals surface area contributed by atoms with Crippen LogP contribution in [-0.4, -0.2) is 29.5 Å². The molecule has 3 rings (SSSR count). The maximum atomic E-state index is 13.0. The molecule has 2 fully saturated rings. The Bertz CT molecular complexity index is 789. The standard InChI is InChI=1S/C17H20N2O6/c1-15(2)16(3)7-8-17(15,25-14(16)21)13(20)18-11-6-5-10(24-4)9-12(11)19(22)23/h5-6,9H,7-8H2,1-4H3,(H,18,20). The monoisotopic (exact) mass is 348 g/mol. The Morgan fingerprint density at radius 1 is 1.32 bits per heavy atom. The van der Waals surface area contributed by atoms with Gasteiger partial charge in [0.2, 0.25) is 0 Å². The van der Waals surface area contributed by atoms with Crippen molar-refractivity contribution in [3.8, 4) is 5.75 Å². The van der Waals surface area contributed by atoms with Crippen molar-refractivity contribution >= 4 is 23.3 Å². The van der Waals surface area contributed by atoms with Crippen LogP contribution in [-0.2, 0) is 14.3 Å². The summed E-state index contributed by atoms with van der Waals surface area (Å²) in [5.41, 5.74) is -3.03. The number of ether oxygens (including phenoxy) is 2. The minimum atomic E-state index is -1.33. The van der Waals surface area contributed by atoms with Gasteiger partial charge in [-0.15, -0.1) is 0 Å². The van der Waals surface area contributed by atoms with Gasteiger partial charge in [-0.1, -0.05) is 13.8 Å². The summed E-state index contributed by atoms with van der Waals surface area (Å²) in [6.45, 7) is 5.45. The number of fused-ring (bicyclic) bond motifs is 2. The molecule has 1 heterocycles. The van der Waals surface area contributed by atoms with E-state index in [2.05, 4.69) is 5.32 Å². The van der Waals surface area contributed by atoms with Gasteiger partial charge in [0.15, 0.2) is 5.60 Å². The number of rotatable bonds is 4. The van der Waals surface area contributed by atoms with E-state index in [0.29, 0.717) is 18.6 Å². The summed E-state index contributed by atoms with van der Waals surface area (Å²) in [7, 11) is 1.40. The number of carbonyl (C=O) groups is 2. The molecule has 25 heavy (non-hydrogen) atoms. The van der Waals surface area contributed by atoms with Gasteiger partial charge in [-0.25, -0.2) is 0 Å². The molecule has 2 unspecified atom stereocenters. The first-order valence-corrected chi connectivity index (χ1v) is 7.96. The lowest BCUT2D eigenvalue weighted by atomic mass is 9.66. The van der Waals surface area contributed by atoms with E-state index < -0.39 is 33.2 Å². The van der Waals surface area contributed by atoms with Gasteiger partial charge in [0.1, 0.15) is 11.4 Å². The number of anilines is 1. The van der Waals surface area contributed by atoms with Crippen LogP contribution >= 0.6 is 0 Å². The van der Waals surface area contributed by atoms with Crippen LogP contribution in [0.15, 0.2) is 18.2 Å². The smallest absolute Gasteiger partial charge is 0.313 e. The maximum absolute atomic E-state index is 13.0. The van der Waals surface area contributed by atoms with Crippen molar-refractivity contribution in [2.24, 2.45) is 10.8 Å². The van der Waals surface area contributed by atoms with Gasteiger partial charge in [0.05, 0.1) is 23.5 Å². The second kappa shape index (κ2) is 5.18. The molecule has 1 saturated heterocycles. The SMILES string of the molecule is COc1ccc(NC(=O)C23CCC(C)(C(=O)O2)C3(C)C)c([N+](=O)[O-])c1. The van der Waals surface area contributed by atoms with Crippen molar-refractivity contribution in [1.29, 1.82) is 0 Å². The summed E-state index contributed by atoms with van der Waals surface area (Å²) in [5, 5.41) is 13.9. The molecule has 8 heteroatoms. The lowest BCUT2D eigenvalue weighted by Gasteiger charge is -2.35. The molecule has 8 nitrogen and oxygen atoms in total. The van der Waals surface area contributed by atoms with Gasteiger partial charge in [-0.05, 0) is 31.9 Å². The highest BCUT2D eigenvalue weighted by Crippen LogP contribution is 2.65. The highest BCUT2D eigenvalue weighted by molar-refractivity contribution is 6.04. The summed E-state index contributed by atoms with van der Waals surface area (Å²) in [6.07, 6.45) is 0.926. The predicted octanol–water partition coefficient (Wildman–Crippen LogP) is 2.66. The van der Waals surface area contributed by atoms with E-state index in [1.165, 1.54) is 25.3 Å². The van der Waals surface area contributed by atoms with E-state index in [4.69, 9.17) is 9.47 Å². The number of nitrogens with zero attached hydrogens (tertiary/aromatic N) is 1. The third kappa shape index (κ3) is 2.06. The minimum Gasteiger partial charge on any atom is -0.496 e. The fraction of sp³-hybridized carbons (Fsp3) is 0.529. The number of nitro groups is 1. The Labute approximate surface area is 144 Å². The van der Waals surface area contributed by atoms with E-state index >= 15 is 0 Å². The molecule has 0 radical (unpaired) electrons. The summed E-state index contributed by atoms with van der Waals surface area (Å²) in [5.74, 6) is -0.632. The van der Waals surface area contributed by atoms with E-state index in [1.807, 2.05) is 13.8 Å². The second-order valence-electron chi connectivity index (χ2n) is 7.27.